The van der Waals surface area contributed by atoms with Crippen LogP contribution >= 0.6 is 22.9 Å². The van der Waals surface area contributed by atoms with Crippen LogP contribution < -0.4 is 10.1 Å². The van der Waals surface area contributed by atoms with E-state index in [1.165, 1.54) is 29.8 Å². The molecule has 0 aliphatic carbocycles. The SMILES string of the molecule is C=CC(c1ccc2c(c1)sc1ncnc(Nc3ccc(OCc4cccc(F)c4)c(Cl)c3)c12)[C@@H](O)C(=O)N1CCN(CC)CC1. The summed E-state index contributed by atoms with van der Waals surface area (Å²) >= 11 is 8.04. The minimum Gasteiger partial charge on any atom is -0.487 e. The van der Waals surface area contributed by atoms with E-state index in [1.807, 2.05) is 24.3 Å². The zero-order chi connectivity index (χ0) is 31.5. The van der Waals surface area contributed by atoms with Gasteiger partial charge < -0.3 is 25.0 Å². The highest BCUT2D eigenvalue weighted by Crippen LogP contribution is 2.39. The van der Waals surface area contributed by atoms with Gasteiger partial charge in [0.05, 0.1) is 10.4 Å². The molecule has 1 fully saturated rings. The third-order valence-corrected chi connectivity index (χ3v) is 9.49. The third-order valence-electron chi connectivity index (χ3n) is 8.14. The Kier molecular flexibility index (Phi) is 9.27. The van der Waals surface area contributed by atoms with Gasteiger partial charge in [-0.3, -0.25) is 4.79 Å². The number of hydrogen-bond donors (Lipinski definition) is 2. The van der Waals surface area contributed by atoms with Gasteiger partial charge in [-0.25, -0.2) is 14.4 Å². The van der Waals surface area contributed by atoms with Gasteiger partial charge in [-0.05, 0) is 54.1 Å². The second-order valence-corrected chi connectivity index (χ2v) is 12.4. The number of benzene rings is 3. The molecule has 3 aromatic carbocycles. The summed E-state index contributed by atoms with van der Waals surface area (Å²) in [7, 11) is 0. The predicted molar refractivity (Wildman–Crippen MR) is 178 cm³/mol. The van der Waals surface area contributed by atoms with Gasteiger partial charge in [0.15, 0.2) is 0 Å². The first-order chi connectivity index (χ1) is 21.8. The number of piperazine rings is 1. The number of likely N-dealkylation sites (N-methyl/N-ethyl adjacent to an activating group) is 1. The van der Waals surface area contributed by atoms with Gasteiger partial charge in [-0.2, -0.15) is 0 Å². The Morgan fingerprint density at radius 2 is 1.98 bits per heavy atom. The van der Waals surface area contributed by atoms with Gasteiger partial charge in [-0.15, -0.1) is 17.9 Å². The van der Waals surface area contributed by atoms with Crippen molar-refractivity contribution >= 4 is 60.7 Å². The maximum absolute atomic E-state index is 13.5. The van der Waals surface area contributed by atoms with E-state index in [0.29, 0.717) is 40.9 Å². The summed E-state index contributed by atoms with van der Waals surface area (Å²) in [5.41, 5.74) is 2.22. The molecule has 1 aliphatic heterocycles. The summed E-state index contributed by atoms with van der Waals surface area (Å²) < 4.78 is 20.3. The Balaban J connectivity index is 1.21. The molecule has 2 N–H and O–H groups in total. The number of thiophene rings is 1. The number of fused-ring (bicyclic) bond motifs is 3. The third kappa shape index (κ3) is 6.64. The first-order valence-electron chi connectivity index (χ1n) is 14.8. The van der Waals surface area contributed by atoms with E-state index in [4.69, 9.17) is 16.3 Å². The molecule has 232 valence electrons. The summed E-state index contributed by atoms with van der Waals surface area (Å²) in [6, 6.07) is 17.5. The van der Waals surface area contributed by atoms with Gasteiger partial charge >= 0.3 is 0 Å². The van der Waals surface area contributed by atoms with Crippen molar-refractivity contribution in [3.8, 4) is 5.75 Å². The molecule has 2 atom stereocenters. The first kappa shape index (κ1) is 30.9. The summed E-state index contributed by atoms with van der Waals surface area (Å²) in [6.45, 7) is 10.0. The van der Waals surface area contributed by atoms with E-state index in [0.717, 1.165) is 45.5 Å². The monoisotopic (exact) mass is 645 g/mol. The molecule has 8 nitrogen and oxygen atoms in total. The van der Waals surface area contributed by atoms with Crippen LogP contribution in [0.4, 0.5) is 15.9 Å². The smallest absolute Gasteiger partial charge is 0.252 e. The number of aliphatic hydroxyl groups is 1. The van der Waals surface area contributed by atoms with Crippen LogP contribution in [0.2, 0.25) is 5.02 Å². The molecule has 1 amide bonds. The van der Waals surface area contributed by atoms with Gasteiger partial charge in [0.25, 0.3) is 5.91 Å². The summed E-state index contributed by atoms with van der Waals surface area (Å²) in [5, 5.41) is 16.7. The summed E-state index contributed by atoms with van der Waals surface area (Å²) in [5.74, 6) is -0.0455. The molecule has 3 heterocycles. The molecule has 11 heteroatoms. The number of carbonyl (C=O) groups is 1. The lowest BCUT2D eigenvalue weighted by atomic mass is 9.92. The van der Waals surface area contributed by atoms with Crippen molar-refractivity contribution in [2.24, 2.45) is 0 Å². The van der Waals surface area contributed by atoms with Crippen LogP contribution in [-0.4, -0.2) is 69.6 Å². The highest BCUT2D eigenvalue weighted by atomic mass is 35.5. The molecular formula is C34H33ClFN5O3S. The van der Waals surface area contributed by atoms with Crippen LogP contribution in [0.5, 0.6) is 5.75 Å². The van der Waals surface area contributed by atoms with E-state index in [2.05, 4.69) is 33.7 Å². The van der Waals surface area contributed by atoms with Crippen molar-refractivity contribution < 1.29 is 19.0 Å². The van der Waals surface area contributed by atoms with Gasteiger partial charge in [0, 0.05) is 47.9 Å². The van der Waals surface area contributed by atoms with E-state index < -0.39 is 12.0 Å². The van der Waals surface area contributed by atoms with E-state index in [1.54, 1.807) is 35.2 Å². The largest absolute Gasteiger partial charge is 0.487 e. The van der Waals surface area contributed by atoms with E-state index in [-0.39, 0.29) is 18.3 Å². The highest BCUT2D eigenvalue weighted by Gasteiger charge is 2.31. The molecular weight excluding hydrogens is 613 g/mol. The van der Waals surface area contributed by atoms with E-state index >= 15 is 0 Å². The van der Waals surface area contributed by atoms with E-state index in [9.17, 15) is 14.3 Å². The highest BCUT2D eigenvalue weighted by molar-refractivity contribution is 7.25. The topological polar surface area (TPSA) is 90.8 Å². The molecule has 45 heavy (non-hydrogen) atoms. The first-order valence-corrected chi connectivity index (χ1v) is 16.0. The Morgan fingerprint density at radius 3 is 2.71 bits per heavy atom. The number of hydrogen-bond acceptors (Lipinski definition) is 8. The average Bonchev–Trinajstić information content (AvgIpc) is 3.43. The Morgan fingerprint density at radius 1 is 1.16 bits per heavy atom. The molecule has 2 aromatic heterocycles. The predicted octanol–water partition coefficient (Wildman–Crippen LogP) is 6.75. The Bertz CT molecular complexity index is 1860. The van der Waals surface area contributed by atoms with Crippen molar-refractivity contribution in [3.05, 3.63) is 102 Å². The Labute approximate surface area is 269 Å². The fourth-order valence-electron chi connectivity index (χ4n) is 5.62. The fraction of sp³-hybridized carbons (Fsp3) is 0.265. The lowest BCUT2D eigenvalue weighted by Gasteiger charge is -2.36. The van der Waals surface area contributed by atoms with Gasteiger partial charge in [0.2, 0.25) is 0 Å². The lowest BCUT2D eigenvalue weighted by Crippen LogP contribution is -2.52. The maximum atomic E-state index is 13.5. The van der Waals surface area contributed by atoms with Crippen LogP contribution in [-0.2, 0) is 11.4 Å². The molecule has 6 rings (SSSR count). The van der Waals surface area contributed by atoms with Gasteiger partial charge in [-0.1, -0.05) is 48.9 Å². The standard InChI is InChI=1S/C34H33ClFN5O3S/c1-3-25(31(42)34(43)41-14-12-40(4-2)13-15-41)22-8-10-26-29(17-22)45-33-30(26)32(37-20-38-33)39-24-9-11-28(27(35)18-24)44-19-21-6-5-7-23(36)16-21/h3,5-11,16-18,20,25,31,42H,1,4,12-15,19H2,2H3,(H,37,38,39)/t25?,31-/m1/s1. The molecule has 1 unspecified atom stereocenters. The molecule has 0 saturated carbocycles. The number of rotatable bonds is 10. The molecule has 1 saturated heterocycles. The minimum atomic E-state index is -1.22. The zero-order valence-electron chi connectivity index (χ0n) is 24.7. The van der Waals surface area contributed by atoms with Crippen molar-refractivity contribution in [3.63, 3.8) is 0 Å². The van der Waals surface area contributed by atoms with Crippen molar-refractivity contribution in [2.45, 2.75) is 25.6 Å². The summed E-state index contributed by atoms with van der Waals surface area (Å²) in [6.07, 6.45) is 1.93. The molecule has 0 radical (unpaired) electrons. The number of amides is 1. The van der Waals surface area contributed by atoms with Gasteiger partial charge in [0.1, 0.15) is 41.3 Å². The number of anilines is 2. The zero-order valence-corrected chi connectivity index (χ0v) is 26.3. The van der Waals surface area contributed by atoms with Crippen molar-refractivity contribution in [1.29, 1.82) is 0 Å². The summed E-state index contributed by atoms with van der Waals surface area (Å²) in [4.78, 5) is 27.0. The lowest BCUT2D eigenvalue weighted by molar-refractivity contribution is -0.142. The second kappa shape index (κ2) is 13.5. The number of aromatic nitrogens is 2. The number of halogens is 2. The number of aliphatic hydroxyl groups excluding tert-OH is 1. The molecule has 1 aliphatic rings. The minimum absolute atomic E-state index is 0.188. The number of ether oxygens (including phenoxy) is 1. The fourth-order valence-corrected chi connectivity index (χ4v) is 6.95. The molecule has 0 bridgehead atoms. The number of nitrogens with one attached hydrogen (secondary N) is 1. The van der Waals surface area contributed by atoms with Crippen molar-refractivity contribution in [1.82, 2.24) is 19.8 Å². The second-order valence-electron chi connectivity index (χ2n) is 10.9. The number of carbonyl (C=O) groups excluding carboxylic acids is 1. The number of nitrogens with zero attached hydrogens (tertiary/aromatic N) is 4. The maximum Gasteiger partial charge on any atom is 0.252 e. The molecule has 5 aromatic rings. The van der Waals surface area contributed by atoms with Crippen LogP contribution in [0.25, 0.3) is 20.3 Å². The average molecular weight is 646 g/mol. The molecule has 0 spiro atoms. The van der Waals surface area contributed by atoms with Crippen LogP contribution in [0.1, 0.15) is 24.0 Å². The van der Waals surface area contributed by atoms with Crippen LogP contribution in [0.3, 0.4) is 0 Å². The Hall–Kier alpha value is -4.09. The normalized spacial score (nSPS) is 15.2. The quantitative estimate of drug-likeness (QED) is 0.162. The van der Waals surface area contributed by atoms with Crippen LogP contribution in [0.15, 0.2) is 79.6 Å². The van der Waals surface area contributed by atoms with Crippen molar-refractivity contribution in [2.75, 3.05) is 38.0 Å². The van der Waals surface area contributed by atoms with Crippen LogP contribution in [0, 0.1) is 5.82 Å².